The van der Waals surface area contributed by atoms with Crippen molar-refractivity contribution in [2.45, 2.75) is 25.7 Å². The highest BCUT2D eigenvalue weighted by molar-refractivity contribution is 6.30. The van der Waals surface area contributed by atoms with Gasteiger partial charge in [-0.3, -0.25) is 4.79 Å². The van der Waals surface area contributed by atoms with Gasteiger partial charge in [0.1, 0.15) is 0 Å². The van der Waals surface area contributed by atoms with Crippen LogP contribution < -0.4 is 5.32 Å². The van der Waals surface area contributed by atoms with Crippen molar-refractivity contribution >= 4 is 17.5 Å². The number of hydrogen-bond donors (Lipinski definition) is 1. The van der Waals surface area contributed by atoms with E-state index in [1.165, 1.54) is 0 Å². The second-order valence-corrected chi connectivity index (χ2v) is 5.09. The third kappa shape index (κ3) is 3.88. The first-order valence-electron chi connectivity index (χ1n) is 6.43. The highest BCUT2D eigenvalue weighted by atomic mass is 35.5. The molecule has 2 nitrogen and oxygen atoms in total. The first kappa shape index (κ1) is 13.2. The van der Waals surface area contributed by atoms with Gasteiger partial charge in [0, 0.05) is 17.5 Å². The first-order valence-corrected chi connectivity index (χ1v) is 6.80. The predicted molar refractivity (Wildman–Crippen MR) is 74.6 cm³/mol. The number of carbonyl (C=O) groups is 1. The zero-order valence-corrected chi connectivity index (χ0v) is 11.1. The number of benzene rings is 1. The first-order chi connectivity index (χ1) is 8.75. The molecule has 0 bridgehead atoms. The lowest BCUT2D eigenvalue weighted by atomic mass is 9.93. The summed E-state index contributed by atoms with van der Waals surface area (Å²) < 4.78 is 0. The lowest BCUT2D eigenvalue weighted by molar-refractivity contribution is -0.125. The van der Waals surface area contributed by atoms with E-state index in [9.17, 15) is 4.79 Å². The van der Waals surface area contributed by atoms with Crippen LogP contribution in [0.2, 0.25) is 5.02 Å². The fraction of sp³-hybridized carbons (Fsp3) is 0.400. The SMILES string of the molecule is O=C(NCCc1cccc(Cl)c1)C1CC=CCC1. The van der Waals surface area contributed by atoms with Crippen molar-refractivity contribution in [2.75, 3.05) is 6.54 Å². The van der Waals surface area contributed by atoms with Gasteiger partial charge in [0.2, 0.25) is 5.91 Å². The van der Waals surface area contributed by atoms with Crippen LogP contribution in [0.15, 0.2) is 36.4 Å². The lowest BCUT2D eigenvalue weighted by Crippen LogP contribution is -2.32. The van der Waals surface area contributed by atoms with E-state index in [0.29, 0.717) is 6.54 Å². The monoisotopic (exact) mass is 263 g/mol. The van der Waals surface area contributed by atoms with E-state index in [1.54, 1.807) is 0 Å². The summed E-state index contributed by atoms with van der Waals surface area (Å²) in [5, 5.41) is 3.75. The third-order valence-electron chi connectivity index (χ3n) is 3.24. The predicted octanol–water partition coefficient (Wildman–Crippen LogP) is 3.36. The molecule has 0 heterocycles. The van der Waals surface area contributed by atoms with Gasteiger partial charge in [0.15, 0.2) is 0 Å². The minimum atomic E-state index is 0.161. The molecule has 0 aliphatic heterocycles. The number of nitrogens with one attached hydrogen (secondary N) is 1. The Bertz CT molecular complexity index is 442. The normalized spacial score (nSPS) is 18.6. The summed E-state index contributed by atoms with van der Waals surface area (Å²) in [7, 11) is 0. The Kier molecular flexibility index (Phi) is 4.82. The summed E-state index contributed by atoms with van der Waals surface area (Å²) in [6.45, 7) is 0.680. The van der Waals surface area contributed by atoms with Crippen molar-refractivity contribution in [3.8, 4) is 0 Å². The van der Waals surface area contributed by atoms with Gasteiger partial charge in [-0.05, 0) is 43.4 Å². The van der Waals surface area contributed by atoms with Gasteiger partial charge in [0.05, 0.1) is 0 Å². The van der Waals surface area contributed by atoms with Crippen LogP contribution in [0.5, 0.6) is 0 Å². The largest absolute Gasteiger partial charge is 0.356 e. The van der Waals surface area contributed by atoms with E-state index in [2.05, 4.69) is 17.5 Å². The Morgan fingerprint density at radius 3 is 3.00 bits per heavy atom. The molecule has 96 valence electrons. The second-order valence-electron chi connectivity index (χ2n) is 4.65. The Morgan fingerprint density at radius 1 is 1.39 bits per heavy atom. The third-order valence-corrected chi connectivity index (χ3v) is 3.48. The van der Waals surface area contributed by atoms with Crippen LogP contribution in [-0.2, 0) is 11.2 Å². The van der Waals surface area contributed by atoms with Crippen LogP contribution in [0.3, 0.4) is 0 Å². The Morgan fingerprint density at radius 2 is 2.28 bits per heavy atom. The molecule has 18 heavy (non-hydrogen) atoms. The zero-order chi connectivity index (χ0) is 12.8. The summed E-state index contributed by atoms with van der Waals surface area (Å²) in [5.74, 6) is 0.343. The molecule has 0 radical (unpaired) electrons. The summed E-state index contributed by atoms with van der Waals surface area (Å²) >= 11 is 5.91. The fourth-order valence-corrected chi connectivity index (χ4v) is 2.41. The number of rotatable bonds is 4. The number of allylic oxidation sites excluding steroid dienone is 2. The molecular formula is C15H18ClNO. The molecule has 0 saturated carbocycles. The van der Waals surface area contributed by atoms with E-state index in [-0.39, 0.29) is 11.8 Å². The lowest BCUT2D eigenvalue weighted by Gasteiger charge is -2.17. The number of carbonyl (C=O) groups excluding carboxylic acids is 1. The van der Waals surface area contributed by atoms with Crippen LogP contribution >= 0.6 is 11.6 Å². The Labute approximate surface area is 113 Å². The van der Waals surface area contributed by atoms with Gasteiger partial charge in [-0.25, -0.2) is 0 Å². The highest BCUT2D eigenvalue weighted by Crippen LogP contribution is 2.18. The standard InChI is InChI=1S/C15H18ClNO/c16-14-8-4-5-12(11-14)9-10-17-15(18)13-6-2-1-3-7-13/h1-2,4-5,8,11,13H,3,6-7,9-10H2,(H,17,18). The quantitative estimate of drug-likeness (QED) is 0.830. The van der Waals surface area contributed by atoms with Crippen LogP contribution in [0.4, 0.5) is 0 Å². The molecule has 1 aliphatic rings. The Hall–Kier alpha value is -1.28. The average molecular weight is 264 g/mol. The van der Waals surface area contributed by atoms with Gasteiger partial charge in [-0.2, -0.15) is 0 Å². The molecular weight excluding hydrogens is 246 g/mol. The van der Waals surface area contributed by atoms with Crippen molar-refractivity contribution in [3.63, 3.8) is 0 Å². The van der Waals surface area contributed by atoms with Crippen LogP contribution in [0, 0.1) is 5.92 Å². The molecule has 1 unspecified atom stereocenters. The molecule has 0 saturated heterocycles. The summed E-state index contributed by atoms with van der Waals surface area (Å²) in [6.07, 6.45) is 7.95. The van der Waals surface area contributed by atoms with E-state index in [0.717, 1.165) is 36.3 Å². The van der Waals surface area contributed by atoms with E-state index in [4.69, 9.17) is 11.6 Å². The summed E-state index contributed by atoms with van der Waals surface area (Å²) in [6, 6.07) is 7.77. The molecule has 0 aromatic heterocycles. The average Bonchev–Trinajstić information content (AvgIpc) is 2.40. The molecule has 1 aromatic carbocycles. The van der Waals surface area contributed by atoms with Gasteiger partial charge in [-0.1, -0.05) is 35.9 Å². The molecule has 1 aromatic rings. The molecule has 1 atom stereocenters. The van der Waals surface area contributed by atoms with Crippen LogP contribution in [0.1, 0.15) is 24.8 Å². The molecule has 3 heteroatoms. The minimum Gasteiger partial charge on any atom is -0.356 e. The van der Waals surface area contributed by atoms with Crippen molar-refractivity contribution in [3.05, 3.63) is 47.0 Å². The van der Waals surface area contributed by atoms with Crippen molar-refractivity contribution in [2.24, 2.45) is 5.92 Å². The second kappa shape index (κ2) is 6.60. The maximum atomic E-state index is 11.9. The summed E-state index contributed by atoms with van der Waals surface area (Å²) in [4.78, 5) is 11.9. The Balaban J connectivity index is 1.75. The molecule has 0 fully saturated rings. The molecule has 2 rings (SSSR count). The van der Waals surface area contributed by atoms with E-state index < -0.39 is 0 Å². The van der Waals surface area contributed by atoms with Gasteiger partial charge in [0.25, 0.3) is 0 Å². The van der Waals surface area contributed by atoms with Crippen molar-refractivity contribution in [1.82, 2.24) is 5.32 Å². The van der Waals surface area contributed by atoms with Crippen LogP contribution in [0.25, 0.3) is 0 Å². The van der Waals surface area contributed by atoms with Gasteiger partial charge < -0.3 is 5.32 Å². The van der Waals surface area contributed by atoms with E-state index in [1.807, 2.05) is 24.3 Å². The molecule has 1 amide bonds. The maximum Gasteiger partial charge on any atom is 0.223 e. The zero-order valence-electron chi connectivity index (χ0n) is 10.4. The summed E-state index contributed by atoms with van der Waals surface area (Å²) in [5.41, 5.74) is 1.16. The molecule has 1 aliphatic carbocycles. The maximum absolute atomic E-state index is 11.9. The van der Waals surface area contributed by atoms with Gasteiger partial charge >= 0.3 is 0 Å². The number of amides is 1. The van der Waals surface area contributed by atoms with Crippen molar-refractivity contribution in [1.29, 1.82) is 0 Å². The van der Waals surface area contributed by atoms with E-state index >= 15 is 0 Å². The smallest absolute Gasteiger partial charge is 0.223 e. The minimum absolute atomic E-state index is 0.161. The highest BCUT2D eigenvalue weighted by Gasteiger charge is 2.17. The number of hydrogen-bond acceptors (Lipinski definition) is 1. The topological polar surface area (TPSA) is 29.1 Å². The molecule has 0 spiro atoms. The molecule has 1 N–H and O–H groups in total. The number of halogens is 1. The fourth-order valence-electron chi connectivity index (χ4n) is 2.20. The van der Waals surface area contributed by atoms with Crippen LogP contribution in [-0.4, -0.2) is 12.5 Å². The van der Waals surface area contributed by atoms with Gasteiger partial charge in [-0.15, -0.1) is 0 Å². The van der Waals surface area contributed by atoms with Crippen molar-refractivity contribution < 1.29 is 4.79 Å².